The molecule has 5 aliphatic rings. The number of halogens is 2. The lowest BCUT2D eigenvalue weighted by molar-refractivity contribution is -0.541. The van der Waals surface area contributed by atoms with Crippen molar-refractivity contribution >= 4 is 34.9 Å². The molecule has 1 aromatic rings. The van der Waals surface area contributed by atoms with Crippen LogP contribution >= 0.6 is 23.2 Å². The molecule has 1 spiro atoms. The summed E-state index contributed by atoms with van der Waals surface area (Å²) < 4.78 is 18.7. The Bertz CT molecular complexity index is 943. The van der Waals surface area contributed by atoms with Crippen molar-refractivity contribution in [1.82, 2.24) is 0 Å². The lowest BCUT2D eigenvalue weighted by atomic mass is 9.60. The Morgan fingerprint density at radius 2 is 1.78 bits per heavy atom. The number of anilines is 1. The van der Waals surface area contributed by atoms with Gasteiger partial charge in [0.15, 0.2) is 11.9 Å². The Kier molecular flexibility index (Phi) is 7.54. The van der Waals surface area contributed by atoms with Crippen LogP contribution in [0.3, 0.4) is 0 Å². The maximum absolute atomic E-state index is 12.8. The van der Waals surface area contributed by atoms with Gasteiger partial charge in [-0.15, -0.1) is 23.2 Å². The summed E-state index contributed by atoms with van der Waals surface area (Å²) in [5.41, 5.74) is 0.547. The molecule has 6 rings (SSSR count). The zero-order chi connectivity index (χ0) is 25.6. The number of fused-ring (bicyclic) bond motifs is 2. The number of hydrogen-bond acceptors (Lipinski definition) is 7. The highest BCUT2D eigenvalue weighted by Gasteiger charge is 2.74. The summed E-state index contributed by atoms with van der Waals surface area (Å²) in [6.07, 6.45) is 3.39. The van der Waals surface area contributed by atoms with Crippen LogP contribution in [0.15, 0.2) is 24.3 Å². The minimum absolute atomic E-state index is 0.0146. The highest BCUT2D eigenvalue weighted by atomic mass is 35.5. The van der Waals surface area contributed by atoms with E-state index in [2.05, 4.69) is 11.8 Å². The fourth-order valence-corrected chi connectivity index (χ4v) is 7.19. The van der Waals surface area contributed by atoms with Gasteiger partial charge in [0.05, 0.1) is 6.42 Å². The molecule has 0 radical (unpaired) electrons. The van der Waals surface area contributed by atoms with E-state index in [9.17, 15) is 4.79 Å². The van der Waals surface area contributed by atoms with Gasteiger partial charge in [0.2, 0.25) is 5.79 Å². The average molecular weight is 543 g/mol. The van der Waals surface area contributed by atoms with Gasteiger partial charge in [-0.25, -0.2) is 9.78 Å². The third-order valence-electron chi connectivity index (χ3n) is 8.71. The van der Waals surface area contributed by atoms with Crippen LogP contribution in [-0.2, 0) is 35.2 Å². The summed E-state index contributed by atoms with van der Waals surface area (Å²) in [5.74, 6) is 0.726. The van der Waals surface area contributed by atoms with Crippen molar-refractivity contribution in [3.8, 4) is 0 Å². The number of rotatable bonds is 9. The standard InChI is InChI=1S/C27H37Cl2NO6/c1-18-4-9-22-25(2,33-24-27(22)21(18)10-11-26(3,34-24)35-36-27)17-32-23(31)16-19-5-7-20(8-6-19)30(14-12-28)15-13-29/h5-8,18,21-22,24H,4,9-17H2,1-3H3/t18-,21+,22+,24-,25-,26-,27-/m1/s1. The van der Waals surface area contributed by atoms with E-state index in [1.54, 1.807) is 0 Å². The number of alkyl halides is 2. The van der Waals surface area contributed by atoms with E-state index < -0.39 is 23.3 Å². The number of nitrogens with zero attached hydrogens (tertiary/aromatic N) is 1. The molecule has 0 amide bonds. The molecular weight excluding hydrogens is 505 g/mol. The second-order valence-electron chi connectivity index (χ2n) is 11.2. The second-order valence-corrected chi connectivity index (χ2v) is 11.9. The van der Waals surface area contributed by atoms with Crippen LogP contribution < -0.4 is 4.90 Å². The van der Waals surface area contributed by atoms with Crippen molar-refractivity contribution in [2.75, 3.05) is 36.4 Å². The molecule has 0 N–H and O–H groups in total. The minimum Gasteiger partial charge on any atom is -0.462 e. The summed E-state index contributed by atoms with van der Waals surface area (Å²) >= 11 is 11.8. The predicted octanol–water partition coefficient (Wildman–Crippen LogP) is 5.06. The molecule has 0 unspecified atom stereocenters. The third kappa shape index (κ3) is 4.65. The van der Waals surface area contributed by atoms with Gasteiger partial charge in [0.25, 0.3) is 0 Å². The fourth-order valence-electron chi connectivity index (χ4n) is 6.78. The smallest absolute Gasteiger partial charge is 0.310 e. The summed E-state index contributed by atoms with van der Waals surface area (Å²) in [4.78, 5) is 27.0. The molecule has 36 heavy (non-hydrogen) atoms. The number of carbonyl (C=O) groups excluding carboxylic acids is 1. The Balaban J connectivity index is 1.24. The third-order valence-corrected chi connectivity index (χ3v) is 9.05. The fraction of sp³-hybridized carbons (Fsp3) is 0.741. The predicted molar refractivity (Wildman–Crippen MR) is 137 cm³/mol. The van der Waals surface area contributed by atoms with Crippen LogP contribution in [0, 0.1) is 17.8 Å². The number of esters is 1. The zero-order valence-electron chi connectivity index (χ0n) is 21.3. The highest BCUT2D eigenvalue weighted by Crippen LogP contribution is 2.63. The molecule has 2 bridgehead atoms. The Morgan fingerprint density at radius 3 is 2.47 bits per heavy atom. The van der Waals surface area contributed by atoms with Crippen LogP contribution in [-0.4, -0.2) is 60.7 Å². The molecule has 200 valence electrons. The van der Waals surface area contributed by atoms with Gasteiger partial charge in [-0.05, 0) is 62.6 Å². The quantitative estimate of drug-likeness (QED) is 0.246. The van der Waals surface area contributed by atoms with Gasteiger partial charge in [-0.1, -0.05) is 19.1 Å². The first kappa shape index (κ1) is 26.5. The van der Waals surface area contributed by atoms with Gasteiger partial charge in [-0.3, -0.25) is 4.79 Å². The van der Waals surface area contributed by atoms with Crippen LogP contribution in [0.1, 0.15) is 52.0 Å². The molecule has 7 atom stereocenters. The molecule has 4 aliphatic heterocycles. The van der Waals surface area contributed by atoms with Gasteiger partial charge < -0.3 is 19.1 Å². The average Bonchev–Trinajstić information content (AvgIpc) is 2.93. The Hall–Kier alpha value is -1.09. The van der Waals surface area contributed by atoms with E-state index >= 15 is 0 Å². The topological polar surface area (TPSA) is 66.5 Å². The van der Waals surface area contributed by atoms with Gasteiger partial charge in [0, 0.05) is 42.9 Å². The summed E-state index contributed by atoms with van der Waals surface area (Å²) in [5, 5.41) is 0. The summed E-state index contributed by atoms with van der Waals surface area (Å²) in [6, 6.07) is 7.88. The van der Waals surface area contributed by atoms with Crippen molar-refractivity contribution < 1.29 is 28.8 Å². The molecule has 1 saturated carbocycles. The maximum Gasteiger partial charge on any atom is 0.310 e. The normalized spacial score (nSPS) is 38.9. The van der Waals surface area contributed by atoms with Crippen LogP contribution in [0.25, 0.3) is 0 Å². The zero-order valence-corrected chi connectivity index (χ0v) is 22.9. The molecule has 1 aliphatic carbocycles. The van der Waals surface area contributed by atoms with Crippen molar-refractivity contribution in [2.45, 2.75) is 76.2 Å². The van der Waals surface area contributed by atoms with Crippen LogP contribution in [0.5, 0.6) is 0 Å². The van der Waals surface area contributed by atoms with Crippen molar-refractivity contribution in [1.29, 1.82) is 0 Å². The molecule has 5 fully saturated rings. The van der Waals surface area contributed by atoms with E-state index in [1.807, 2.05) is 38.1 Å². The lowest BCUT2D eigenvalue weighted by Crippen LogP contribution is -2.62. The summed E-state index contributed by atoms with van der Waals surface area (Å²) in [6.45, 7) is 7.79. The second kappa shape index (κ2) is 10.2. The van der Waals surface area contributed by atoms with Gasteiger partial charge in [0.1, 0.15) is 12.2 Å². The number of hydrogen-bond donors (Lipinski definition) is 0. The summed E-state index contributed by atoms with van der Waals surface area (Å²) in [7, 11) is 0. The lowest BCUT2D eigenvalue weighted by Gasteiger charge is -2.50. The molecule has 4 saturated heterocycles. The SMILES string of the molecule is C[C@@H]1CC[C@@H]2[C@]34OO[C@](C)(CC[C@@H]13)O[C@H]4O[C@]2(C)COC(=O)Cc1ccc(N(CCCl)CCCl)cc1. The number of carbonyl (C=O) groups is 1. The molecule has 4 heterocycles. The van der Waals surface area contributed by atoms with E-state index in [-0.39, 0.29) is 30.8 Å². The molecule has 0 aromatic heterocycles. The minimum atomic E-state index is -0.811. The molecule has 1 aromatic carbocycles. The first-order chi connectivity index (χ1) is 17.2. The first-order valence-corrected chi connectivity index (χ1v) is 14.1. The van der Waals surface area contributed by atoms with Gasteiger partial charge in [-0.2, -0.15) is 0 Å². The molecule has 9 heteroatoms. The van der Waals surface area contributed by atoms with Crippen LogP contribution in [0.4, 0.5) is 5.69 Å². The maximum atomic E-state index is 12.8. The van der Waals surface area contributed by atoms with E-state index in [0.717, 1.165) is 50.0 Å². The van der Waals surface area contributed by atoms with Gasteiger partial charge >= 0.3 is 5.97 Å². The van der Waals surface area contributed by atoms with Crippen LogP contribution in [0.2, 0.25) is 0 Å². The Labute approximate surface area is 223 Å². The van der Waals surface area contributed by atoms with E-state index in [1.165, 1.54) is 0 Å². The number of benzene rings is 1. The first-order valence-electron chi connectivity index (χ1n) is 13.1. The highest BCUT2D eigenvalue weighted by molar-refractivity contribution is 6.18. The van der Waals surface area contributed by atoms with Crippen molar-refractivity contribution in [3.05, 3.63) is 29.8 Å². The molecule has 7 nitrogen and oxygen atoms in total. The Morgan fingerprint density at radius 1 is 1.06 bits per heavy atom. The van der Waals surface area contributed by atoms with Crippen molar-refractivity contribution in [3.63, 3.8) is 0 Å². The largest absolute Gasteiger partial charge is 0.462 e. The molecular formula is C27H37Cl2NO6. The van der Waals surface area contributed by atoms with Crippen molar-refractivity contribution in [2.24, 2.45) is 17.8 Å². The van der Waals surface area contributed by atoms with E-state index in [4.69, 9.17) is 47.2 Å². The number of ether oxygens (including phenoxy) is 3. The van der Waals surface area contributed by atoms with E-state index in [0.29, 0.717) is 17.7 Å². The monoisotopic (exact) mass is 541 g/mol.